The summed E-state index contributed by atoms with van der Waals surface area (Å²) in [4.78, 5) is 3.78. The Morgan fingerprint density at radius 2 is 2.00 bits per heavy atom. The minimum atomic E-state index is 0. The molecule has 0 unspecified atom stereocenters. The monoisotopic (exact) mass is 200 g/mol. The molecule has 0 amide bonds. The third kappa shape index (κ3) is 6.34. The van der Waals surface area contributed by atoms with E-state index >= 15 is 0 Å². The molecule has 0 N–H and O–H groups in total. The number of hydrogen-bond donors (Lipinski definition) is 0. The molecule has 0 aliphatic rings. The molecule has 1 heterocycles. The van der Waals surface area contributed by atoms with Crippen LogP contribution < -0.4 is 17.0 Å². The van der Waals surface area contributed by atoms with Crippen molar-refractivity contribution in [3.8, 4) is 0 Å². The fraction of sp³-hybridized carbons (Fsp3) is 0.200. The van der Waals surface area contributed by atoms with Crippen molar-refractivity contribution in [2.45, 2.75) is 0 Å². The second-order valence-corrected chi connectivity index (χ2v) is 1.23. The zero-order valence-electron chi connectivity index (χ0n) is 5.71. The number of nitrogens with zero attached hydrogens (tertiary/aromatic N) is 2. The minimum absolute atomic E-state index is 0. The second kappa shape index (κ2) is 8.46. The van der Waals surface area contributed by atoms with E-state index in [9.17, 15) is 0 Å². The quantitative estimate of drug-likeness (QED) is 0.335. The largest absolute Gasteiger partial charge is 2.00 e. The number of aromatic nitrogens is 2. The molecule has 1 rings (SSSR count). The van der Waals surface area contributed by atoms with Crippen LogP contribution in [0.1, 0.15) is 0 Å². The van der Waals surface area contributed by atoms with Crippen LogP contribution in [0, 0.1) is 7.43 Å². The Kier molecular flexibility index (Phi) is 15.2. The molecule has 0 saturated heterocycles. The maximum atomic E-state index is 3.78. The van der Waals surface area contributed by atoms with Gasteiger partial charge in [0.15, 0.2) is 0 Å². The average molecular weight is 201 g/mol. The summed E-state index contributed by atoms with van der Waals surface area (Å²) in [5, 5.41) is 0. The van der Waals surface area contributed by atoms with Gasteiger partial charge >= 0.3 is 23.1 Å². The fourth-order valence-corrected chi connectivity index (χ4v) is 0.326. The molecule has 1 aromatic heterocycles. The van der Waals surface area contributed by atoms with Crippen LogP contribution in [0.4, 0.5) is 0 Å². The van der Waals surface area contributed by atoms with Gasteiger partial charge < -0.3 is 29.0 Å². The molecular formula is C5H9BrMgN2. The van der Waals surface area contributed by atoms with Gasteiger partial charge in [0.05, 0.1) is 6.33 Å². The molecule has 0 atom stereocenters. The maximum absolute atomic E-state index is 3.78. The summed E-state index contributed by atoms with van der Waals surface area (Å²) >= 11 is 0. The summed E-state index contributed by atoms with van der Waals surface area (Å²) in [6.45, 7) is 0. The van der Waals surface area contributed by atoms with Crippen molar-refractivity contribution < 1.29 is 17.0 Å². The molecule has 48 valence electrons. The van der Waals surface area contributed by atoms with Gasteiger partial charge in [-0.1, -0.05) is 0 Å². The zero-order chi connectivity index (χ0) is 4.41. The second-order valence-electron chi connectivity index (χ2n) is 1.23. The van der Waals surface area contributed by atoms with Crippen LogP contribution in [-0.4, -0.2) is 32.6 Å². The summed E-state index contributed by atoms with van der Waals surface area (Å²) in [6, 6.07) is 0. The summed E-state index contributed by atoms with van der Waals surface area (Å²) in [5.41, 5.74) is 0. The minimum Gasteiger partial charge on any atom is -1.00 e. The van der Waals surface area contributed by atoms with Gasteiger partial charge in [-0.25, -0.2) is 4.98 Å². The third-order valence-corrected chi connectivity index (χ3v) is 0.637. The molecule has 9 heavy (non-hydrogen) atoms. The van der Waals surface area contributed by atoms with Crippen molar-refractivity contribution >= 4 is 23.1 Å². The summed E-state index contributed by atoms with van der Waals surface area (Å²) in [6.07, 6.45) is 5.39. The number of rotatable bonds is 0. The molecule has 4 heteroatoms. The first-order chi connectivity index (χ1) is 2.89. The van der Waals surface area contributed by atoms with Crippen LogP contribution >= 0.6 is 0 Å². The van der Waals surface area contributed by atoms with Crippen LogP contribution in [0.2, 0.25) is 0 Å². The topological polar surface area (TPSA) is 17.8 Å². The van der Waals surface area contributed by atoms with Gasteiger partial charge in [0.1, 0.15) is 0 Å². The van der Waals surface area contributed by atoms with Crippen LogP contribution in [0.25, 0.3) is 0 Å². The Bertz CT molecular complexity index is 119. The molecule has 0 fully saturated rings. The van der Waals surface area contributed by atoms with Gasteiger partial charge in [0.2, 0.25) is 0 Å². The van der Waals surface area contributed by atoms with Crippen LogP contribution in [0.5, 0.6) is 0 Å². The standard InChI is InChI=1S/C4H6N2.CH3.BrH.Mg/c1-6-3-2-5-4-6;;;/h2-4H,1H3;1H3;1H;/q;-1;;+2/p-1. The zero-order valence-corrected chi connectivity index (χ0v) is 8.71. The number of aryl methyl sites for hydroxylation is 1. The van der Waals surface area contributed by atoms with Gasteiger partial charge in [0.25, 0.3) is 0 Å². The van der Waals surface area contributed by atoms with E-state index in [1.54, 1.807) is 12.5 Å². The fourth-order valence-electron chi connectivity index (χ4n) is 0.326. The van der Waals surface area contributed by atoms with Gasteiger partial charge in [-0.15, -0.1) is 0 Å². The van der Waals surface area contributed by atoms with Crippen molar-refractivity contribution in [1.82, 2.24) is 9.55 Å². The molecule has 0 spiro atoms. The summed E-state index contributed by atoms with van der Waals surface area (Å²) in [7, 11) is 1.94. The van der Waals surface area contributed by atoms with Crippen molar-refractivity contribution in [3.05, 3.63) is 26.1 Å². The summed E-state index contributed by atoms with van der Waals surface area (Å²) < 4.78 is 1.89. The van der Waals surface area contributed by atoms with E-state index in [0.717, 1.165) is 0 Å². The molecule has 1 aromatic rings. The molecule has 0 aromatic carbocycles. The predicted octanol–water partition coefficient (Wildman–Crippen LogP) is -2.51. The van der Waals surface area contributed by atoms with E-state index in [4.69, 9.17) is 0 Å². The van der Waals surface area contributed by atoms with Crippen molar-refractivity contribution in [2.24, 2.45) is 7.05 Å². The first-order valence-corrected chi connectivity index (χ1v) is 1.81. The Hall–Kier alpha value is 0.456. The smallest absolute Gasteiger partial charge is 1.00 e. The number of halogens is 1. The molecule has 2 nitrogen and oxygen atoms in total. The van der Waals surface area contributed by atoms with E-state index < -0.39 is 0 Å². The van der Waals surface area contributed by atoms with Crippen molar-refractivity contribution in [3.63, 3.8) is 0 Å². The van der Waals surface area contributed by atoms with Crippen molar-refractivity contribution in [1.29, 1.82) is 0 Å². The van der Waals surface area contributed by atoms with Gasteiger partial charge in [0, 0.05) is 19.4 Å². The van der Waals surface area contributed by atoms with Crippen LogP contribution in [-0.2, 0) is 7.05 Å². The molecule has 0 aliphatic carbocycles. The summed E-state index contributed by atoms with van der Waals surface area (Å²) in [5.74, 6) is 0. The van der Waals surface area contributed by atoms with Gasteiger partial charge in [-0.05, 0) is 0 Å². The number of imidazole rings is 1. The maximum Gasteiger partial charge on any atom is 2.00 e. The Morgan fingerprint density at radius 3 is 2.11 bits per heavy atom. The predicted molar refractivity (Wildman–Crippen MR) is 35.4 cm³/mol. The molecule has 0 aliphatic heterocycles. The van der Waals surface area contributed by atoms with E-state index in [0.29, 0.717) is 0 Å². The van der Waals surface area contributed by atoms with Gasteiger partial charge in [-0.3, -0.25) is 0 Å². The average Bonchev–Trinajstić information content (AvgIpc) is 1.86. The Labute approximate surface area is 82.6 Å². The molecule has 0 radical (unpaired) electrons. The van der Waals surface area contributed by atoms with E-state index in [1.165, 1.54) is 0 Å². The normalized spacial score (nSPS) is 5.89. The number of hydrogen-bond acceptors (Lipinski definition) is 1. The Morgan fingerprint density at radius 1 is 1.44 bits per heavy atom. The van der Waals surface area contributed by atoms with Gasteiger partial charge in [-0.2, -0.15) is 0 Å². The van der Waals surface area contributed by atoms with Crippen LogP contribution in [0.3, 0.4) is 0 Å². The molecular weight excluding hydrogens is 192 g/mol. The van der Waals surface area contributed by atoms with E-state index in [2.05, 4.69) is 4.98 Å². The third-order valence-electron chi connectivity index (χ3n) is 0.637. The van der Waals surface area contributed by atoms with E-state index in [1.807, 2.05) is 17.8 Å². The van der Waals surface area contributed by atoms with E-state index in [-0.39, 0.29) is 47.5 Å². The SMILES string of the molecule is Cn1ccnc1.[Br-].[CH3-].[Mg+2]. The molecule has 0 saturated carbocycles. The van der Waals surface area contributed by atoms with Crippen LogP contribution in [0.15, 0.2) is 18.7 Å². The first-order valence-electron chi connectivity index (χ1n) is 1.81. The first kappa shape index (κ1) is 16.2. The van der Waals surface area contributed by atoms with Crippen molar-refractivity contribution in [2.75, 3.05) is 0 Å². The molecule has 0 bridgehead atoms. The Balaban J connectivity index is -0.000000120.